The summed E-state index contributed by atoms with van der Waals surface area (Å²) < 4.78 is 0. The maximum absolute atomic E-state index is 14.0. The lowest BCUT2D eigenvalue weighted by molar-refractivity contribution is -0.144. The Balaban J connectivity index is 1.40. The van der Waals surface area contributed by atoms with E-state index in [0.29, 0.717) is 29.3 Å². The van der Waals surface area contributed by atoms with E-state index in [0.717, 1.165) is 36.8 Å². The maximum atomic E-state index is 14.0. The minimum absolute atomic E-state index is 0.0102. The second-order valence-corrected chi connectivity index (χ2v) is 12.0. The highest BCUT2D eigenvalue weighted by molar-refractivity contribution is 6.42. The van der Waals surface area contributed by atoms with Gasteiger partial charge in [-0.1, -0.05) is 84.6 Å². The van der Waals surface area contributed by atoms with Gasteiger partial charge in [0.25, 0.3) is 0 Å². The zero-order chi connectivity index (χ0) is 28.9. The van der Waals surface area contributed by atoms with Crippen LogP contribution < -0.4 is 5.32 Å². The molecule has 2 aliphatic carbocycles. The van der Waals surface area contributed by atoms with Crippen molar-refractivity contribution in [1.29, 1.82) is 0 Å². The van der Waals surface area contributed by atoms with E-state index in [1.807, 2.05) is 42.5 Å². The number of allylic oxidation sites excluding steroid dienone is 2. The number of imide groups is 1. The molecule has 216 valence electrons. The number of hydrogen-bond acceptors (Lipinski definition) is 4. The second kappa shape index (κ2) is 13.2. The van der Waals surface area contributed by atoms with E-state index < -0.39 is 6.04 Å². The summed E-state index contributed by atoms with van der Waals surface area (Å²) in [7, 11) is 0. The molecule has 0 spiro atoms. The molecule has 0 radical (unpaired) electrons. The average molecular weight is 597 g/mol. The predicted molar refractivity (Wildman–Crippen MR) is 158 cm³/mol. The van der Waals surface area contributed by atoms with Crippen molar-refractivity contribution in [3.05, 3.63) is 81.9 Å². The summed E-state index contributed by atoms with van der Waals surface area (Å²) in [6.45, 7) is 0.117. The van der Waals surface area contributed by atoms with E-state index in [2.05, 4.69) is 5.32 Å². The first-order chi connectivity index (χ1) is 19.8. The van der Waals surface area contributed by atoms with Crippen LogP contribution in [0, 0.1) is 11.8 Å². The third-order valence-electron chi connectivity index (χ3n) is 8.46. The Labute approximate surface area is 250 Å². The van der Waals surface area contributed by atoms with Gasteiger partial charge in [0.2, 0.25) is 23.6 Å². The van der Waals surface area contributed by atoms with E-state index in [1.54, 1.807) is 23.1 Å². The molecule has 2 fully saturated rings. The molecule has 4 amide bonds. The van der Waals surface area contributed by atoms with Crippen molar-refractivity contribution < 1.29 is 19.2 Å². The fourth-order valence-corrected chi connectivity index (χ4v) is 6.52. The topological polar surface area (TPSA) is 86.8 Å². The molecule has 9 heteroatoms. The van der Waals surface area contributed by atoms with Crippen molar-refractivity contribution in [2.24, 2.45) is 11.8 Å². The lowest BCUT2D eigenvalue weighted by atomic mass is 9.85. The van der Waals surface area contributed by atoms with Crippen molar-refractivity contribution >= 4 is 46.8 Å². The van der Waals surface area contributed by atoms with Gasteiger partial charge in [0.15, 0.2) is 0 Å². The molecular formula is C32H35Cl2N3O4. The van der Waals surface area contributed by atoms with Crippen molar-refractivity contribution in [2.45, 2.75) is 70.0 Å². The first kappa shape index (κ1) is 29.3. The van der Waals surface area contributed by atoms with Crippen LogP contribution in [0.15, 0.2) is 60.7 Å². The number of fused-ring (bicyclic) bond motifs is 1. The smallest absolute Gasteiger partial charge is 0.243 e. The number of hydrogen-bond donors (Lipinski definition) is 1. The standard InChI is InChI=1S/C32H35Cl2N3O4/c33-26-15-14-22(18-27(26)34)20-37(29(38)16-17-36-31(40)24-12-6-7-13-25(24)32(36)41)28(19-21-8-2-1-3-9-21)30(39)35-23-10-4-5-11-23/h1-3,6-9,14-15,18,23-25,28H,4-5,10-13,16-17,19-20H2,(H,35,39)/t24-,25+,28-/m1/s1. The summed E-state index contributed by atoms with van der Waals surface area (Å²) in [5.74, 6) is -1.65. The fraction of sp³-hybridized carbons (Fsp3) is 0.438. The van der Waals surface area contributed by atoms with Crippen LogP contribution in [0.3, 0.4) is 0 Å². The van der Waals surface area contributed by atoms with Crippen molar-refractivity contribution in [3.63, 3.8) is 0 Å². The molecule has 3 aliphatic rings. The molecule has 2 aromatic carbocycles. The Kier molecular flexibility index (Phi) is 9.46. The van der Waals surface area contributed by atoms with E-state index in [9.17, 15) is 19.2 Å². The third kappa shape index (κ3) is 6.84. The van der Waals surface area contributed by atoms with Gasteiger partial charge in [0, 0.05) is 32.0 Å². The molecule has 1 saturated carbocycles. The van der Waals surface area contributed by atoms with Crippen molar-refractivity contribution in [2.75, 3.05) is 6.54 Å². The SMILES string of the molecule is O=C(NC1CCCC1)[C@@H](Cc1ccccc1)N(Cc1ccc(Cl)c(Cl)c1)C(=O)CCN1C(=O)[C@H]2CC=CC[C@H]2C1=O. The van der Waals surface area contributed by atoms with Crippen LogP contribution in [0.25, 0.3) is 0 Å². The average Bonchev–Trinajstić information content (AvgIpc) is 3.57. The number of amides is 4. The number of carbonyl (C=O) groups is 4. The van der Waals surface area contributed by atoms with Crippen LogP contribution in [0.2, 0.25) is 10.0 Å². The number of halogens is 2. The monoisotopic (exact) mass is 595 g/mol. The number of benzene rings is 2. The largest absolute Gasteiger partial charge is 0.352 e. The van der Waals surface area contributed by atoms with Gasteiger partial charge in [0.05, 0.1) is 21.9 Å². The van der Waals surface area contributed by atoms with Gasteiger partial charge >= 0.3 is 0 Å². The number of nitrogens with zero attached hydrogens (tertiary/aromatic N) is 2. The van der Waals surface area contributed by atoms with Crippen molar-refractivity contribution in [1.82, 2.24) is 15.1 Å². The van der Waals surface area contributed by atoms with E-state index >= 15 is 0 Å². The highest BCUT2D eigenvalue weighted by atomic mass is 35.5. The summed E-state index contributed by atoms with van der Waals surface area (Å²) in [6, 6.07) is 14.0. The molecule has 2 aromatic rings. The minimum atomic E-state index is -0.795. The predicted octanol–water partition coefficient (Wildman–Crippen LogP) is 5.33. The highest BCUT2D eigenvalue weighted by Gasteiger charge is 2.47. The minimum Gasteiger partial charge on any atom is -0.352 e. The first-order valence-electron chi connectivity index (χ1n) is 14.4. The zero-order valence-corrected chi connectivity index (χ0v) is 24.4. The lowest BCUT2D eigenvalue weighted by Gasteiger charge is -2.33. The Morgan fingerprint density at radius 3 is 2.20 bits per heavy atom. The number of likely N-dealkylation sites (tertiary alicyclic amines) is 1. The molecule has 0 aromatic heterocycles. The number of carbonyl (C=O) groups excluding carboxylic acids is 4. The molecule has 1 saturated heterocycles. The highest BCUT2D eigenvalue weighted by Crippen LogP contribution is 2.35. The molecule has 41 heavy (non-hydrogen) atoms. The molecule has 0 bridgehead atoms. The Hall–Kier alpha value is -3.16. The molecule has 3 atom stereocenters. The molecule has 7 nitrogen and oxygen atoms in total. The second-order valence-electron chi connectivity index (χ2n) is 11.2. The first-order valence-corrected chi connectivity index (χ1v) is 15.2. The number of rotatable bonds is 10. The van der Waals surface area contributed by atoms with Gasteiger partial charge < -0.3 is 10.2 Å². The zero-order valence-electron chi connectivity index (χ0n) is 22.9. The van der Waals surface area contributed by atoms with Crippen LogP contribution in [0.5, 0.6) is 0 Å². The summed E-state index contributed by atoms with van der Waals surface area (Å²) >= 11 is 12.4. The Morgan fingerprint density at radius 1 is 0.902 bits per heavy atom. The van der Waals surface area contributed by atoms with Gasteiger partial charge in [-0.2, -0.15) is 0 Å². The maximum Gasteiger partial charge on any atom is 0.243 e. The summed E-state index contributed by atoms with van der Waals surface area (Å²) in [5, 5.41) is 3.94. The van der Waals surface area contributed by atoms with Gasteiger partial charge in [-0.15, -0.1) is 0 Å². The lowest BCUT2D eigenvalue weighted by Crippen LogP contribution is -2.52. The van der Waals surface area contributed by atoms with Gasteiger partial charge in [-0.05, 0) is 48.9 Å². The summed E-state index contributed by atoms with van der Waals surface area (Å²) in [5.41, 5.74) is 1.65. The van der Waals surface area contributed by atoms with Gasteiger partial charge in [-0.3, -0.25) is 24.1 Å². The van der Waals surface area contributed by atoms with Crippen LogP contribution in [0.1, 0.15) is 56.1 Å². The molecule has 5 rings (SSSR count). The molecular weight excluding hydrogens is 561 g/mol. The quantitative estimate of drug-likeness (QED) is 0.297. The van der Waals surface area contributed by atoms with Crippen LogP contribution in [-0.4, -0.2) is 52.1 Å². The Morgan fingerprint density at radius 2 is 1.56 bits per heavy atom. The van der Waals surface area contributed by atoms with E-state index in [4.69, 9.17) is 23.2 Å². The van der Waals surface area contributed by atoms with E-state index in [1.165, 1.54) is 4.90 Å². The molecule has 1 N–H and O–H groups in total. The van der Waals surface area contributed by atoms with Crippen LogP contribution in [0.4, 0.5) is 0 Å². The molecule has 0 unspecified atom stereocenters. The van der Waals surface area contributed by atoms with Crippen LogP contribution in [-0.2, 0) is 32.1 Å². The normalized spacial score (nSPS) is 21.2. The van der Waals surface area contributed by atoms with Gasteiger partial charge in [0.1, 0.15) is 6.04 Å². The Bertz CT molecular complexity index is 1300. The molecule has 1 heterocycles. The summed E-state index contributed by atoms with van der Waals surface area (Å²) in [4.78, 5) is 56.7. The third-order valence-corrected chi connectivity index (χ3v) is 9.20. The molecule has 1 aliphatic heterocycles. The summed E-state index contributed by atoms with van der Waals surface area (Å²) in [6.07, 6.45) is 9.19. The fourth-order valence-electron chi connectivity index (χ4n) is 6.20. The van der Waals surface area contributed by atoms with Crippen LogP contribution >= 0.6 is 23.2 Å². The number of nitrogens with one attached hydrogen (secondary N) is 1. The van der Waals surface area contributed by atoms with Gasteiger partial charge in [-0.25, -0.2) is 0 Å². The van der Waals surface area contributed by atoms with Crippen molar-refractivity contribution in [3.8, 4) is 0 Å². The van der Waals surface area contributed by atoms with E-state index in [-0.39, 0.29) is 61.0 Å².